The Labute approximate surface area is 149 Å². The molecule has 25 heavy (non-hydrogen) atoms. The number of allylic oxidation sites excluding steroid dienone is 2. The standard InChI is InChI=1S/C20H30O5/c1-3-4-5-6-7-10-16-12-13-18(21)17(16)11-8-9-15(2)14-20(24,25)19(22)23/h7-8,10,16-17,24-25H,3-6,11-14H2,1-2H3,(H,22,23)/t9?,16-,17+/m0/s1. The fourth-order valence-corrected chi connectivity index (χ4v) is 3.11. The summed E-state index contributed by atoms with van der Waals surface area (Å²) >= 11 is 0. The van der Waals surface area contributed by atoms with Gasteiger partial charge in [-0.25, -0.2) is 4.79 Å². The number of carboxylic acid groups (broad SMARTS) is 1. The summed E-state index contributed by atoms with van der Waals surface area (Å²) in [4.78, 5) is 22.8. The number of hydrogen-bond acceptors (Lipinski definition) is 4. The van der Waals surface area contributed by atoms with E-state index in [1.165, 1.54) is 19.3 Å². The third kappa shape index (κ3) is 7.39. The minimum atomic E-state index is -2.78. The quantitative estimate of drug-likeness (QED) is 0.243. The molecule has 140 valence electrons. The number of hydrogen-bond donors (Lipinski definition) is 3. The number of aliphatic hydroxyl groups is 2. The van der Waals surface area contributed by atoms with Gasteiger partial charge in [-0.1, -0.05) is 31.9 Å². The first kappa shape index (κ1) is 21.4. The maximum absolute atomic E-state index is 12.1. The predicted octanol–water partition coefficient (Wildman–Crippen LogP) is 3.37. The fraction of sp³-hybridized carbons (Fsp3) is 0.650. The van der Waals surface area contributed by atoms with Crippen molar-refractivity contribution in [2.45, 2.75) is 71.0 Å². The number of Topliss-reactive ketones (excluding diaryl/α,β-unsaturated/α-hetero) is 1. The van der Waals surface area contributed by atoms with Crippen LogP contribution in [0.5, 0.6) is 0 Å². The molecule has 3 N–H and O–H groups in total. The summed E-state index contributed by atoms with van der Waals surface area (Å²) in [5.74, 6) is -4.02. The van der Waals surface area contributed by atoms with Gasteiger partial charge in [-0.2, -0.15) is 0 Å². The van der Waals surface area contributed by atoms with Crippen molar-refractivity contribution in [3.8, 4) is 0 Å². The highest BCUT2D eigenvalue weighted by molar-refractivity contribution is 5.83. The summed E-state index contributed by atoms with van der Waals surface area (Å²) in [7, 11) is 0. The topological polar surface area (TPSA) is 94.8 Å². The first-order valence-corrected chi connectivity index (χ1v) is 9.06. The van der Waals surface area contributed by atoms with Crippen LogP contribution < -0.4 is 0 Å². The van der Waals surface area contributed by atoms with Gasteiger partial charge in [0.2, 0.25) is 0 Å². The fourth-order valence-electron chi connectivity index (χ4n) is 3.11. The Morgan fingerprint density at radius 2 is 2.08 bits per heavy atom. The highest BCUT2D eigenvalue weighted by Crippen LogP contribution is 2.32. The first-order valence-electron chi connectivity index (χ1n) is 9.06. The molecule has 0 aliphatic heterocycles. The van der Waals surface area contributed by atoms with Crippen LogP contribution in [0.3, 0.4) is 0 Å². The van der Waals surface area contributed by atoms with Crippen LogP contribution in [-0.4, -0.2) is 32.9 Å². The average molecular weight is 350 g/mol. The van der Waals surface area contributed by atoms with Crippen LogP contribution in [0.2, 0.25) is 0 Å². The lowest BCUT2D eigenvalue weighted by molar-refractivity contribution is -0.202. The molecular formula is C20H30O5. The Morgan fingerprint density at radius 3 is 2.72 bits per heavy atom. The molecule has 1 saturated carbocycles. The Balaban J connectivity index is 2.61. The second kappa shape index (κ2) is 10.3. The van der Waals surface area contributed by atoms with Crippen LogP contribution >= 0.6 is 0 Å². The SMILES string of the molecule is CCCCCC=C[C@H]1CCC(=O)[C@@H]1CC=C=C(C)CC(O)(O)C(=O)O. The van der Waals surface area contributed by atoms with Crippen molar-refractivity contribution in [2.24, 2.45) is 11.8 Å². The molecule has 0 saturated heterocycles. The monoisotopic (exact) mass is 350 g/mol. The molecule has 1 aliphatic carbocycles. The molecule has 0 radical (unpaired) electrons. The van der Waals surface area contributed by atoms with Gasteiger partial charge in [0.25, 0.3) is 5.79 Å². The predicted molar refractivity (Wildman–Crippen MR) is 95.8 cm³/mol. The normalized spacial score (nSPS) is 20.7. The van der Waals surface area contributed by atoms with E-state index in [1.54, 1.807) is 13.0 Å². The van der Waals surface area contributed by atoms with Crippen molar-refractivity contribution >= 4 is 11.8 Å². The van der Waals surface area contributed by atoms with Crippen LogP contribution in [0.15, 0.2) is 29.5 Å². The molecule has 5 nitrogen and oxygen atoms in total. The zero-order valence-electron chi connectivity index (χ0n) is 15.2. The third-order valence-corrected chi connectivity index (χ3v) is 4.59. The van der Waals surface area contributed by atoms with E-state index < -0.39 is 18.2 Å². The number of ketones is 1. The van der Waals surface area contributed by atoms with Crippen molar-refractivity contribution in [1.29, 1.82) is 0 Å². The van der Waals surface area contributed by atoms with Gasteiger partial charge < -0.3 is 15.3 Å². The number of unbranched alkanes of at least 4 members (excludes halogenated alkanes) is 3. The lowest BCUT2D eigenvalue weighted by Crippen LogP contribution is -2.38. The summed E-state index contributed by atoms with van der Waals surface area (Å²) in [6.07, 6.45) is 12.3. The maximum Gasteiger partial charge on any atom is 0.364 e. The molecule has 0 heterocycles. The summed E-state index contributed by atoms with van der Waals surface area (Å²) in [6.45, 7) is 3.76. The van der Waals surface area contributed by atoms with E-state index in [-0.39, 0.29) is 17.6 Å². The van der Waals surface area contributed by atoms with E-state index in [0.717, 1.165) is 12.8 Å². The summed E-state index contributed by atoms with van der Waals surface area (Å²) < 4.78 is 0. The summed E-state index contributed by atoms with van der Waals surface area (Å²) in [5.41, 5.74) is 3.30. The molecule has 0 aromatic rings. The van der Waals surface area contributed by atoms with Gasteiger partial charge in [-0.15, -0.1) is 5.73 Å². The van der Waals surface area contributed by atoms with Crippen LogP contribution in [-0.2, 0) is 9.59 Å². The molecule has 5 heteroatoms. The molecule has 0 amide bonds. The second-order valence-corrected chi connectivity index (χ2v) is 6.86. The smallest absolute Gasteiger partial charge is 0.364 e. The van der Waals surface area contributed by atoms with Crippen LogP contribution in [0.1, 0.15) is 65.2 Å². The number of aliphatic carboxylic acids is 1. The van der Waals surface area contributed by atoms with E-state index in [4.69, 9.17) is 5.11 Å². The Bertz CT molecular complexity index is 552. The van der Waals surface area contributed by atoms with Crippen molar-refractivity contribution < 1.29 is 24.9 Å². The Morgan fingerprint density at radius 1 is 1.36 bits per heavy atom. The lowest BCUT2D eigenvalue weighted by atomic mass is 9.91. The number of rotatable bonds is 10. The van der Waals surface area contributed by atoms with E-state index in [9.17, 15) is 19.8 Å². The zero-order valence-corrected chi connectivity index (χ0v) is 15.2. The van der Waals surface area contributed by atoms with Crippen LogP contribution in [0.4, 0.5) is 0 Å². The highest BCUT2D eigenvalue weighted by Gasteiger charge is 2.33. The molecule has 0 unspecified atom stereocenters. The second-order valence-electron chi connectivity index (χ2n) is 6.86. The van der Waals surface area contributed by atoms with Crippen molar-refractivity contribution in [1.82, 2.24) is 0 Å². The van der Waals surface area contributed by atoms with E-state index in [2.05, 4.69) is 24.8 Å². The van der Waals surface area contributed by atoms with Crippen molar-refractivity contribution in [2.75, 3.05) is 0 Å². The Kier molecular flexibility index (Phi) is 8.84. The molecule has 1 fully saturated rings. The minimum Gasteiger partial charge on any atom is -0.477 e. The number of carboxylic acids is 1. The zero-order chi connectivity index (χ0) is 18.9. The summed E-state index contributed by atoms with van der Waals surface area (Å²) in [6, 6.07) is 0. The van der Waals surface area contributed by atoms with Gasteiger partial charge in [0.05, 0.1) is 0 Å². The van der Waals surface area contributed by atoms with Crippen molar-refractivity contribution in [3.05, 3.63) is 29.5 Å². The lowest BCUT2D eigenvalue weighted by Gasteiger charge is -2.15. The van der Waals surface area contributed by atoms with E-state index >= 15 is 0 Å². The number of carbonyl (C=O) groups excluding carboxylic acids is 1. The number of carbonyl (C=O) groups is 2. The first-order chi connectivity index (χ1) is 11.8. The van der Waals surface area contributed by atoms with Gasteiger partial charge in [0.15, 0.2) is 0 Å². The maximum atomic E-state index is 12.1. The van der Waals surface area contributed by atoms with Crippen molar-refractivity contribution in [3.63, 3.8) is 0 Å². The van der Waals surface area contributed by atoms with Gasteiger partial charge in [0, 0.05) is 18.8 Å². The molecule has 0 aromatic carbocycles. The van der Waals surface area contributed by atoms with E-state index in [0.29, 0.717) is 18.4 Å². The van der Waals surface area contributed by atoms with Gasteiger partial charge >= 0.3 is 5.97 Å². The van der Waals surface area contributed by atoms with Gasteiger partial charge in [-0.05, 0) is 50.2 Å². The third-order valence-electron chi connectivity index (χ3n) is 4.59. The molecule has 0 aromatic heterocycles. The summed E-state index contributed by atoms with van der Waals surface area (Å²) in [5, 5.41) is 27.4. The van der Waals surface area contributed by atoms with E-state index in [1.807, 2.05) is 0 Å². The Hall–Kier alpha value is -1.68. The highest BCUT2D eigenvalue weighted by atomic mass is 16.5. The van der Waals surface area contributed by atoms with Crippen LogP contribution in [0, 0.1) is 11.8 Å². The molecule has 0 spiro atoms. The van der Waals surface area contributed by atoms with Gasteiger partial charge in [0.1, 0.15) is 5.78 Å². The molecular weight excluding hydrogens is 320 g/mol. The molecule has 0 bridgehead atoms. The molecule has 1 aliphatic rings. The van der Waals surface area contributed by atoms with Crippen LogP contribution in [0.25, 0.3) is 0 Å². The molecule has 2 atom stereocenters. The minimum absolute atomic E-state index is 0.0600. The molecule has 1 rings (SSSR count). The van der Waals surface area contributed by atoms with Gasteiger partial charge in [-0.3, -0.25) is 4.79 Å². The largest absolute Gasteiger partial charge is 0.477 e. The average Bonchev–Trinajstić information content (AvgIpc) is 2.87.